The van der Waals surface area contributed by atoms with Gasteiger partial charge in [-0.25, -0.2) is 0 Å². The molecule has 0 saturated heterocycles. The van der Waals surface area contributed by atoms with Crippen molar-refractivity contribution >= 4 is 11.8 Å². The number of aryl methyl sites for hydroxylation is 1. The standard InChI is InChI=1S/C17H17F3O.C10H18O2/c18-17(19,20)15-10-4-7-13(12-15)6-2-1-3-8-14-9-5-11-16(14)21;1-4-5-6-7-8-10(11)12-9(2)3/h4-5,7-8,10-12H,1-3,6,9H2;4-5,9H,6-8H2,1-3H3/b14-8+;5-4-. The average molecular weight is 465 g/mol. The monoisotopic (exact) mass is 464 g/mol. The Morgan fingerprint density at radius 3 is 2.52 bits per heavy atom. The van der Waals surface area contributed by atoms with Crippen molar-refractivity contribution in [1.29, 1.82) is 0 Å². The van der Waals surface area contributed by atoms with Crippen LogP contribution in [-0.4, -0.2) is 17.9 Å². The summed E-state index contributed by atoms with van der Waals surface area (Å²) >= 11 is 0. The van der Waals surface area contributed by atoms with E-state index >= 15 is 0 Å². The van der Waals surface area contributed by atoms with E-state index in [0.717, 1.165) is 43.7 Å². The Morgan fingerprint density at radius 1 is 1.15 bits per heavy atom. The number of unbranched alkanes of at least 4 members (excludes halogenated alkanes) is 3. The highest BCUT2D eigenvalue weighted by Crippen LogP contribution is 2.29. The van der Waals surface area contributed by atoms with Crippen LogP contribution >= 0.6 is 0 Å². The van der Waals surface area contributed by atoms with Crippen molar-refractivity contribution in [2.75, 3.05) is 0 Å². The second-order valence-electron chi connectivity index (χ2n) is 8.14. The first kappa shape index (κ1) is 28.4. The highest BCUT2D eigenvalue weighted by Gasteiger charge is 2.30. The lowest BCUT2D eigenvalue weighted by Crippen LogP contribution is -2.10. The molecule has 1 aromatic carbocycles. The van der Waals surface area contributed by atoms with Gasteiger partial charge in [-0.05, 0) is 89.0 Å². The van der Waals surface area contributed by atoms with Crippen LogP contribution in [0.1, 0.15) is 76.8 Å². The molecule has 0 heterocycles. The van der Waals surface area contributed by atoms with Gasteiger partial charge in [0.25, 0.3) is 0 Å². The van der Waals surface area contributed by atoms with Gasteiger partial charge in [0, 0.05) is 6.42 Å². The van der Waals surface area contributed by atoms with E-state index in [1.807, 2.05) is 39.0 Å². The lowest BCUT2D eigenvalue weighted by atomic mass is 10.0. The van der Waals surface area contributed by atoms with Gasteiger partial charge in [0.1, 0.15) is 0 Å². The van der Waals surface area contributed by atoms with Gasteiger partial charge in [0.2, 0.25) is 0 Å². The highest BCUT2D eigenvalue weighted by atomic mass is 19.4. The molecule has 1 aliphatic carbocycles. The number of rotatable bonds is 10. The minimum Gasteiger partial charge on any atom is -0.463 e. The lowest BCUT2D eigenvalue weighted by Gasteiger charge is -2.08. The molecule has 0 saturated carbocycles. The van der Waals surface area contributed by atoms with Crippen LogP contribution in [0.5, 0.6) is 0 Å². The Kier molecular flexibility index (Phi) is 13.1. The predicted molar refractivity (Wildman–Crippen MR) is 126 cm³/mol. The van der Waals surface area contributed by atoms with E-state index in [1.165, 1.54) is 12.1 Å². The topological polar surface area (TPSA) is 43.4 Å². The van der Waals surface area contributed by atoms with Crippen LogP contribution in [0.25, 0.3) is 0 Å². The van der Waals surface area contributed by atoms with Crippen molar-refractivity contribution in [3.8, 4) is 0 Å². The zero-order chi connectivity index (χ0) is 24.7. The first-order valence-corrected chi connectivity index (χ1v) is 11.5. The third-order valence-corrected chi connectivity index (χ3v) is 4.84. The minimum absolute atomic E-state index is 0.0132. The maximum absolute atomic E-state index is 12.6. The Balaban J connectivity index is 0.000000389. The molecule has 0 radical (unpaired) electrons. The van der Waals surface area contributed by atoms with Gasteiger partial charge in [0.05, 0.1) is 11.7 Å². The van der Waals surface area contributed by atoms with E-state index in [0.29, 0.717) is 24.8 Å². The Bertz CT molecular complexity index is 833. The molecule has 0 aliphatic heterocycles. The van der Waals surface area contributed by atoms with E-state index in [9.17, 15) is 22.8 Å². The summed E-state index contributed by atoms with van der Waals surface area (Å²) in [5.41, 5.74) is 0.940. The second kappa shape index (κ2) is 15.3. The number of ketones is 1. The summed E-state index contributed by atoms with van der Waals surface area (Å²) < 4.78 is 42.7. The number of halogens is 3. The number of benzene rings is 1. The van der Waals surface area contributed by atoms with Crippen LogP contribution in [0.4, 0.5) is 13.2 Å². The van der Waals surface area contributed by atoms with Crippen LogP contribution in [0.15, 0.2) is 60.2 Å². The van der Waals surface area contributed by atoms with E-state index in [-0.39, 0.29) is 17.9 Å². The molecule has 2 rings (SSSR count). The quantitative estimate of drug-likeness (QED) is 0.155. The molecule has 0 atom stereocenters. The summed E-state index contributed by atoms with van der Waals surface area (Å²) in [5, 5.41) is 0. The molecule has 0 spiro atoms. The fourth-order valence-corrected chi connectivity index (χ4v) is 3.19. The maximum atomic E-state index is 12.6. The Hall–Kier alpha value is -2.63. The van der Waals surface area contributed by atoms with Crippen LogP contribution < -0.4 is 0 Å². The van der Waals surface area contributed by atoms with Crippen molar-refractivity contribution in [3.63, 3.8) is 0 Å². The molecule has 0 bridgehead atoms. The molecule has 33 heavy (non-hydrogen) atoms. The summed E-state index contributed by atoms with van der Waals surface area (Å²) in [5.74, 6) is -0.0117. The van der Waals surface area contributed by atoms with Crippen molar-refractivity contribution < 1.29 is 27.5 Å². The fourth-order valence-electron chi connectivity index (χ4n) is 3.19. The number of allylic oxidation sites excluding steroid dienone is 6. The van der Waals surface area contributed by atoms with Crippen LogP contribution in [0.2, 0.25) is 0 Å². The molecular formula is C27H35F3O3. The van der Waals surface area contributed by atoms with Gasteiger partial charge < -0.3 is 4.74 Å². The van der Waals surface area contributed by atoms with Crippen molar-refractivity contribution in [2.45, 2.75) is 84.4 Å². The number of alkyl halides is 3. The number of carbonyl (C=O) groups excluding carboxylic acids is 2. The van der Waals surface area contributed by atoms with Gasteiger partial charge in [-0.1, -0.05) is 42.5 Å². The SMILES string of the molecule is C/C=C\CCCC(=O)OC(C)C.O=C1C=CC/C1=C\CCCCc1cccc(C(F)(F)F)c1. The van der Waals surface area contributed by atoms with E-state index < -0.39 is 11.7 Å². The van der Waals surface area contributed by atoms with Crippen molar-refractivity contribution in [2.24, 2.45) is 0 Å². The Morgan fingerprint density at radius 2 is 1.91 bits per heavy atom. The molecule has 1 aliphatic rings. The number of carbonyl (C=O) groups is 2. The van der Waals surface area contributed by atoms with Gasteiger partial charge in [-0.15, -0.1) is 0 Å². The van der Waals surface area contributed by atoms with Crippen LogP contribution in [0, 0.1) is 0 Å². The largest absolute Gasteiger partial charge is 0.463 e. The van der Waals surface area contributed by atoms with Crippen molar-refractivity contribution in [1.82, 2.24) is 0 Å². The molecule has 1 aromatic rings. The molecule has 3 nitrogen and oxygen atoms in total. The van der Waals surface area contributed by atoms with Gasteiger partial charge in [-0.2, -0.15) is 13.2 Å². The van der Waals surface area contributed by atoms with E-state index in [2.05, 4.69) is 6.08 Å². The van der Waals surface area contributed by atoms with Crippen LogP contribution in [-0.2, 0) is 26.9 Å². The summed E-state index contributed by atoms with van der Waals surface area (Å²) in [6.45, 7) is 5.71. The maximum Gasteiger partial charge on any atom is 0.416 e. The zero-order valence-corrected chi connectivity index (χ0v) is 19.8. The van der Waals surface area contributed by atoms with Gasteiger partial charge in [-0.3, -0.25) is 9.59 Å². The third-order valence-electron chi connectivity index (χ3n) is 4.84. The highest BCUT2D eigenvalue weighted by molar-refractivity contribution is 6.06. The van der Waals surface area contributed by atoms with Crippen LogP contribution in [0.3, 0.4) is 0 Å². The second-order valence-corrected chi connectivity index (χ2v) is 8.14. The smallest absolute Gasteiger partial charge is 0.416 e. The molecule has 0 fully saturated rings. The first-order valence-electron chi connectivity index (χ1n) is 11.5. The normalized spacial score (nSPS) is 14.8. The summed E-state index contributed by atoms with van der Waals surface area (Å²) in [6.07, 6.45) is 11.3. The molecular weight excluding hydrogens is 429 g/mol. The molecule has 182 valence electrons. The van der Waals surface area contributed by atoms with Crippen molar-refractivity contribution in [3.05, 3.63) is 71.3 Å². The average Bonchev–Trinajstić information content (AvgIpc) is 3.15. The summed E-state index contributed by atoms with van der Waals surface area (Å²) in [7, 11) is 0. The third kappa shape index (κ3) is 12.9. The molecule has 0 unspecified atom stereocenters. The first-order chi connectivity index (χ1) is 15.6. The fraction of sp³-hybridized carbons (Fsp3) is 0.481. The van der Waals surface area contributed by atoms with Gasteiger partial charge >= 0.3 is 12.1 Å². The molecule has 0 amide bonds. The summed E-state index contributed by atoms with van der Waals surface area (Å²) in [6, 6.07) is 5.47. The number of hydrogen-bond acceptors (Lipinski definition) is 3. The van der Waals surface area contributed by atoms with Gasteiger partial charge in [0.15, 0.2) is 5.78 Å². The molecule has 0 N–H and O–H groups in total. The Labute approximate surface area is 195 Å². The minimum atomic E-state index is -4.28. The zero-order valence-electron chi connectivity index (χ0n) is 19.8. The van der Waals surface area contributed by atoms with E-state index in [1.54, 1.807) is 12.1 Å². The molecule has 0 aromatic heterocycles. The lowest BCUT2D eigenvalue weighted by molar-refractivity contribution is -0.147. The molecule has 6 heteroatoms. The number of hydrogen-bond donors (Lipinski definition) is 0. The van der Waals surface area contributed by atoms with E-state index in [4.69, 9.17) is 4.74 Å². The predicted octanol–water partition coefficient (Wildman–Crippen LogP) is 7.56. The number of ether oxygens (including phenoxy) is 1. The summed E-state index contributed by atoms with van der Waals surface area (Å²) in [4.78, 5) is 22.3. The number of esters is 1.